The number of benzene rings is 1. The first-order valence-corrected chi connectivity index (χ1v) is 5.58. The van der Waals surface area contributed by atoms with Gasteiger partial charge in [-0.05, 0) is 26.0 Å². The lowest BCUT2D eigenvalue weighted by molar-refractivity contribution is 0.615. The molecule has 1 N–H and O–H groups in total. The van der Waals surface area contributed by atoms with Crippen LogP contribution >= 0.6 is 11.6 Å². The number of halogens is 2. The Morgan fingerprint density at radius 3 is 2.56 bits per heavy atom. The summed E-state index contributed by atoms with van der Waals surface area (Å²) >= 11 is 5.71. The molecule has 0 saturated heterocycles. The fraction of sp³-hybridized carbons (Fsp3) is 0.167. The predicted molar refractivity (Wildman–Crippen MR) is 67.1 cm³/mol. The minimum Gasteiger partial charge on any atom is -0.297 e. The normalized spacial score (nSPS) is 10.7. The van der Waals surface area contributed by atoms with Crippen molar-refractivity contribution in [1.82, 2.24) is 9.55 Å². The van der Waals surface area contributed by atoms with Crippen molar-refractivity contribution < 1.29 is 4.39 Å². The molecule has 1 heterocycles. The van der Waals surface area contributed by atoms with Gasteiger partial charge in [0.05, 0.1) is 11.3 Å². The molecule has 0 bridgehead atoms. The number of H-pyrrole nitrogens is 1. The molecule has 2 rings (SSSR count). The highest BCUT2D eigenvalue weighted by Gasteiger charge is 2.13. The molecule has 4 nitrogen and oxygen atoms in total. The molecule has 0 saturated carbocycles. The van der Waals surface area contributed by atoms with Crippen molar-refractivity contribution in [3.63, 3.8) is 0 Å². The van der Waals surface area contributed by atoms with E-state index in [1.54, 1.807) is 0 Å². The van der Waals surface area contributed by atoms with Crippen LogP contribution in [0.15, 0.2) is 27.8 Å². The lowest BCUT2D eigenvalue weighted by atomic mass is 10.2. The van der Waals surface area contributed by atoms with Gasteiger partial charge in [0, 0.05) is 5.56 Å². The van der Waals surface area contributed by atoms with Crippen molar-refractivity contribution in [1.29, 1.82) is 0 Å². The summed E-state index contributed by atoms with van der Waals surface area (Å²) in [5, 5.41) is -0.00435. The van der Waals surface area contributed by atoms with Gasteiger partial charge in [0.25, 0.3) is 5.56 Å². The summed E-state index contributed by atoms with van der Waals surface area (Å²) in [6.45, 7) is 2.99. The Hall–Kier alpha value is -1.88. The van der Waals surface area contributed by atoms with E-state index < -0.39 is 17.1 Å². The summed E-state index contributed by atoms with van der Waals surface area (Å²) in [5.41, 5.74) is -0.602. The first-order valence-electron chi connectivity index (χ1n) is 5.20. The van der Waals surface area contributed by atoms with Crippen molar-refractivity contribution in [2.75, 3.05) is 0 Å². The van der Waals surface area contributed by atoms with Crippen LogP contribution in [0.3, 0.4) is 0 Å². The van der Waals surface area contributed by atoms with Gasteiger partial charge in [-0.15, -0.1) is 0 Å². The second-order valence-corrected chi connectivity index (χ2v) is 4.27. The van der Waals surface area contributed by atoms with Crippen molar-refractivity contribution in [3.8, 4) is 5.69 Å². The highest BCUT2D eigenvalue weighted by molar-refractivity contribution is 6.30. The fourth-order valence-corrected chi connectivity index (χ4v) is 1.82. The monoisotopic (exact) mass is 268 g/mol. The van der Waals surface area contributed by atoms with E-state index in [1.165, 1.54) is 32.0 Å². The molecule has 0 aliphatic carbocycles. The first-order chi connectivity index (χ1) is 8.43. The van der Waals surface area contributed by atoms with Crippen molar-refractivity contribution in [3.05, 3.63) is 61.1 Å². The van der Waals surface area contributed by atoms with Gasteiger partial charge in [-0.25, -0.2) is 13.8 Å². The molecule has 2 aromatic rings. The van der Waals surface area contributed by atoms with Gasteiger partial charge < -0.3 is 0 Å². The predicted octanol–water partition coefficient (Wildman–Crippen LogP) is 1.94. The second-order valence-electron chi connectivity index (χ2n) is 3.89. The smallest absolute Gasteiger partial charge is 0.297 e. The zero-order valence-electron chi connectivity index (χ0n) is 9.75. The number of hydrogen-bond acceptors (Lipinski definition) is 2. The summed E-state index contributed by atoms with van der Waals surface area (Å²) in [6.07, 6.45) is 0. The molecule has 18 heavy (non-hydrogen) atoms. The summed E-state index contributed by atoms with van der Waals surface area (Å²) < 4.78 is 14.3. The molecule has 0 unspecified atom stereocenters. The Kier molecular flexibility index (Phi) is 3.09. The summed E-state index contributed by atoms with van der Waals surface area (Å²) in [5.74, 6) is -0.480. The maximum absolute atomic E-state index is 13.5. The van der Waals surface area contributed by atoms with Gasteiger partial charge in [-0.2, -0.15) is 0 Å². The molecule has 0 amide bonds. The van der Waals surface area contributed by atoms with E-state index in [2.05, 4.69) is 4.98 Å². The number of aromatic nitrogens is 2. The van der Waals surface area contributed by atoms with Gasteiger partial charge >= 0.3 is 5.69 Å². The molecular weight excluding hydrogens is 259 g/mol. The molecular formula is C12H10ClFN2O2. The third-order valence-corrected chi connectivity index (χ3v) is 3.13. The summed E-state index contributed by atoms with van der Waals surface area (Å²) in [6, 6.07) is 4.21. The number of hydrogen-bond donors (Lipinski definition) is 1. The quantitative estimate of drug-likeness (QED) is 0.804. The van der Waals surface area contributed by atoms with Crippen molar-refractivity contribution >= 4 is 11.6 Å². The number of nitrogens with zero attached hydrogens (tertiary/aromatic N) is 1. The molecule has 6 heteroatoms. The molecule has 94 valence electrons. The van der Waals surface area contributed by atoms with E-state index in [0.29, 0.717) is 0 Å². The first kappa shape index (κ1) is 12.6. The van der Waals surface area contributed by atoms with Gasteiger partial charge in [-0.1, -0.05) is 17.7 Å². The average Bonchev–Trinajstić information content (AvgIpc) is 2.32. The molecule has 0 spiro atoms. The summed E-state index contributed by atoms with van der Waals surface area (Å²) in [4.78, 5) is 26.1. The third-order valence-electron chi connectivity index (χ3n) is 2.75. The van der Waals surface area contributed by atoms with Gasteiger partial charge in [0.15, 0.2) is 0 Å². The lowest BCUT2D eigenvalue weighted by Crippen LogP contribution is -2.35. The average molecular weight is 269 g/mol. The van der Waals surface area contributed by atoms with E-state index >= 15 is 0 Å². The van der Waals surface area contributed by atoms with Gasteiger partial charge in [-0.3, -0.25) is 9.78 Å². The van der Waals surface area contributed by atoms with Crippen LogP contribution in [0.2, 0.25) is 5.15 Å². The zero-order valence-corrected chi connectivity index (χ0v) is 10.5. The minimum absolute atomic E-state index is 0.00435. The van der Waals surface area contributed by atoms with Crippen molar-refractivity contribution in [2.24, 2.45) is 0 Å². The van der Waals surface area contributed by atoms with Crippen LogP contribution in [0.5, 0.6) is 0 Å². The maximum atomic E-state index is 13.5. The van der Waals surface area contributed by atoms with Crippen LogP contribution in [0.4, 0.5) is 4.39 Å². The highest BCUT2D eigenvalue weighted by atomic mass is 35.5. The molecule has 0 atom stereocenters. The molecule has 0 fully saturated rings. The Balaban J connectivity index is 2.89. The topological polar surface area (TPSA) is 54.9 Å². The van der Waals surface area contributed by atoms with Crippen molar-refractivity contribution in [2.45, 2.75) is 13.8 Å². The third kappa shape index (κ3) is 1.86. The zero-order chi connectivity index (χ0) is 13.4. The molecule has 1 aromatic heterocycles. The molecule has 1 aromatic carbocycles. The van der Waals surface area contributed by atoms with Gasteiger partial charge in [0.2, 0.25) is 0 Å². The van der Waals surface area contributed by atoms with Gasteiger partial charge in [0.1, 0.15) is 11.0 Å². The van der Waals surface area contributed by atoms with Crippen LogP contribution in [-0.2, 0) is 0 Å². The van der Waals surface area contributed by atoms with E-state index in [9.17, 15) is 14.0 Å². The van der Waals surface area contributed by atoms with Crippen LogP contribution in [0, 0.1) is 19.7 Å². The fourth-order valence-electron chi connectivity index (χ4n) is 1.65. The van der Waals surface area contributed by atoms with E-state index in [-0.39, 0.29) is 22.0 Å². The Bertz CT molecular complexity index is 734. The largest absolute Gasteiger partial charge is 0.334 e. The van der Waals surface area contributed by atoms with E-state index in [1.807, 2.05) is 0 Å². The van der Waals surface area contributed by atoms with E-state index in [0.717, 1.165) is 4.57 Å². The van der Waals surface area contributed by atoms with E-state index in [4.69, 9.17) is 11.6 Å². The SMILES string of the molecule is Cc1c(F)cccc1-n1c(=O)[nH]c(Cl)c(C)c1=O. The Morgan fingerprint density at radius 1 is 1.22 bits per heavy atom. The molecule has 0 aliphatic rings. The standard InChI is InChI=1S/C12H10ClFN2O2/c1-6-8(14)4-3-5-9(6)16-11(17)7(2)10(13)15-12(16)18/h3-5H,1-2H3,(H,15,18). The molecule has 0 aliphatic heterocycles. The minimum atomic E-state index is -0.690. The Morgan fingerprint density at radius 2 is 1.89 bits per heavy atom. The maximum Gasteiger partial charge on any atom is 0.334 e. The number of nitrogens with one attached hydrogen (secondary N) is 1. The lowest BCUT2D eigenvalue weighted by Gasteiger charge is -2.09. The van der Waals surface area contributed by atoms with Crippen LogP contribution < -0.4 is 11.2 Å². The summed E-state index contributed by atoms with van der Waals surface area (Å²) in [7, 11) is 0. The molecule has 0 radical (unpaired) electrons. The second kappa shape index (κ2) is 4.42. The Labute approximate surface area is 107 Å². The van der Waals surface area contributed by atoms with Crippen LogP contribution in [0.25, 0.3) is 5.69 Å². The van der Waals surface area contributed by atoms with Crippen LogP contribution in [-0.4, -0.2) is 9.55 Å². The number of rotatable bonds is 1. The highest BCUT2D eigenvalue weighted by Crippen LogP contribution is 2.14. The van der Waals surface area contributed by atoms with Crippen LogP contribution in [0.1, 0.15) is 11.1 Å². The number of aromatic amines is 1.